The predicted molar refractivity (Wildman–Crippen MR) is 51.1 cm³/mol. The zero-order chi connectivity index (χ0) is 9.23. The van der Waals surface area contributed by atoms with Gasteiger partial charge in [0, 0.05) is 6.20 Å². The fraction of sp³-hybridized carbons (Fsp3) is 0.500. The van der Waals surface area contributed by atoms with E-state index < -0.39 is 0 Å². The Bertz CT molecular complexity index is 159. The third-order valence-electron chi connectivity index (χ3n) is 1.29. The molecule has 70 valence electrons. The van der Waals surface area contributed by atoms with Gasteiger partial charge in [0.25, 0.3) is 0 Å². The molecule has 0 aliphatic rings. The Balaban J connectivity index is 3.80. The lowest BCUT2D eigenvalue weighted by Crippen LogP contribution is -1.90. The van der Waals surface area contributed by atoms with Gasteiger partial charge < -0.3 is 9.83 Å². The number of nitrogens with one attached hydrogen (secondary N) is 1. The minimum Gasteiger partial charge on any atom is -0.392 e. The average Bonchev–Trinajstić information content (AvgIpc) is 2.11. The Morgan fingerprint density at radius 3 is 2.92 bits per heavy atom. The van der Waals surface area contributed by atoms with Gasteiger partial charge in [-0.05, 0) is 18.1 Å². The Kier molecular flexibility index (Phi) is 8.27. The highest BCUT2D eigenvalue weighted by Crippen LogP contribution is 2.00. The third kappa shape index (κ3) is 6.24. The highest BCUT2D eigenvalue weighted by molar-refractivity contribution is 7.92. The van der Waals surface area contributed by atoms with E-state index >= 15 is 0 Å². The van der Waals surface area contributed by atoms with Crippen molar-refractivity contribution < 1.29 is 8.99 Å². The lowest BCUT2D eigenvalue weighted by Gasteiger charge is -1.95. The molecule has 0 saturated heterocycles. The fourth-order valence-electron chi connectivity index (χ4n) is 0.682. The van der Waals surface area contributed by atoms with Crippen LogP contribution in [-0.4, -0.2) is 11.7 Å². The Morgan fingerprint density at radius 2 is 2.42 bits per heavy atom. The monoisotopic (exact) mass is 191 g/mol. The first-order valence-electron chi connectivity index (χ1n) is 3.84. The third-order valence-corrected chi connectivity index (χ3v) is 1.51. The van der Waals surface area contributed by atoms with Gasteiger partial charge >= 0.3 is 0 Å². The number of hydrogen-bond donors (Lipinski definition) is 2. The molecular weight excluding hydrogens is 177 g/mol. The maximum Gasteiger partial charge on any atom is 0.161 e. The molecule has 0 aromatic rings. The summed E-state index contributed by atoms with van der Waals surface area (Å²) in [5.41, 5.74) is 0.804. The number of halogens is 1. The quantitative estimate of drug-likeness (QED) is 0.499. The molecule has 2 N–H and O–H groups in total. The molecule has 0 unspecified atom stereocenters. The van der Waals surface area contributed by atoms with E-state index in [0.717, 1.165) is 18.4 Å². The van der Waals surface area contributed by atoms with Gasteiger partial charge in [-0.25, -0.2) is 0 Å². The van der Waals surface area contributed by atoms with Gasteiger partial charge in [0.05, 0.1) is 6.61 Å². The van der Waals surface area contributed by atoms with E-state index in [1.165, 1.54) is 6.20 Å². The van der Waals surface area contributed by atoms with E-state index in [4.69, 9.17) is 5.11 Å². The van der Waals surface area contributed by atoms with Crippen LogP contribution in [-0.2, 0) is 0 Å². The zero-order valence-electron chi connectivity index (χ0n) is 7.09. The molecule has 12 heavy (non-hydrogen) atoms. The summed E-state index contributed by atoms with van der Waals surface area (Å²) in [5, 5.41) is 8.80. The number of rotatable bonds is 6. The lowest BCUT2D eigenvalue weighted by atomic mass is 10.2. The number of aliphatic hydroxyl groups excluding tert-OH is 1. The molecule has 0 aliphatic carbocycles. The van der Waals surface area contributed by atoms with Gasteiger partial charge in [0.15, 0.2) is 12.3 Å². The normalized spacial score (nSPS) is 12.4. The van der Waals surface area contributed by atoms with Gasteiger partial charge in [-0.1, -0.05) is 19.4 Å². The number of aliphatic hydroxyl groups is 1. The van der Waals surface area contributed by atoms with Crippen molar-refractivity contribution in [3.63, 3.8) is 0 Å². The molecule has 4 heteroatoms. The highest BCUT2D eigenvalue weighted by Gasteiger charge is 1.87. The first kappa shape index (κ1) is 11.5. The molecule has 0 saturated carbocycles. The predicted octanol–water partition coefficient (Wildman–Crippen LogP) is 2.34. The summed E-state index contributed by atoms with van der Waals surface area (Å²) in [5.74, 6) is 0. The van der Waals surface area contributed by atoms with Crippen LogP contribution in [0.2, 0.25) is 0 Å². The van der Waals surface area contributed by atoms with Crippen molar-refractivity contribution in [3.05, 3.63) is 23.9 Å². The van der Waals surface area contributed by atoms with Crippen molar-refractivity contribution in [2.24, 2.45) is 0 Å². The SMILES string of the molecule is CCC/C=C(/C=C\NSF)CO. The van der Waals surface area contributed by atoms with Gasteiger partial charge in [-0.15, -0.1) is 3.89 Å². The number of unbranched alkanes of at least 4 members (excludes halogenated alkanes) is 1. The van der Waals surface area contributed by atoms with Gasteiger partial charge in [0.1, 0.15) is 0 Å². The summed E-state index contributed by atoms with van der Waals surface area (Å²) in [7, 11) is 0. The van der Waals surface area contributed by atoms with Crippen LogP contribution in [0.25, 0.3) is 0 Å². The van der Waals surface area contributed by atoms with E-state index in [0.29, 0.717) is 0 Å². The molecular formula is C8H14FNOS. The summed E-state index contributed by atoms with van der Waals surface area (Å²) < 4.78 is 13.8. The Morgan fingerprint density at radius 1 is 1.67 bits per heavy atom. The number of allylic oxidation sites excluding steroid dienone is 1. The lowest BCUT2D eigenvalue weighted by molar-refractivity contribution is 0.334. The van der Waals surface area contributed by atoms with Crippen LogP contribution in [0.4, 0.5) is 3.89 Å². The second kappa shape index (κ2) is 8.62. The molecule has 0 aromatic carbocycles. The van der Waals surface area contributed by atoms with Crippen LogP contribution in [0.15, 0.2) is 23.9 Å². The topological polar surface area (TPSA) is 32.3 Å². The smallest absolute Gasteiger partial charge is 0.161 e. The second-order valence-corrected chi connectivity index (χ2v) is 2.64. The Labute approximate surface area is 77.0 Å². The highest BCUT2D eigenvalue weighted by atomic mass is 32.2. The standard InChI is InChI=1S/C8H14FNOS/c1-2-3-4-8(7-11)5-6-10-12-9/h4-6,10-11H,2-3,7H2,1H3/b6-5-,8-4-. The first-order chi connectivity index (χ1) is 5.85. The molecule has 0 fully saturated rings. The van der Waals surface area contributed by atoms with Crippen LogP contribution in [0, 0.1) is 0 Å². The van der Waals surface area contributed by atoms with Gasteiger partial charge in [-0.3, -0.25) is 0 Å². The summed E-state index contributed by atoms with van der Waals surface area (Å²) in [4.78, 5) is 0. The molecule has 2 nitrogen and oxygen atoms in total. The van der Waals surface area contributed by atoms with Crippen LogP contribution in [0.3, 0.4) is 0 Å². The van der Waals surface area contributed by atoms with Crippen LogP contribution in [0.1, 0.15) is 19.8 Å². The maximum atomic E-state index is 11.5. The van der Waals surface area contributed by atoms with Crippen molar-refractivity contribution in [2.75, 3.05) is 6.61 Å². The van der Waals surface area contributed by atoms with Crippen LogP contribution < -0.4 is 4.72 Å². The summed E-state index contributed by atoms with van der Waals surface area (Å²) in [6, 6.07) is 0. The molecule has 0 atom stereocenters. The van der Waals surface area contributed by atoms with Crippen molar-refractivity contribution in [3.8, 4) is 0 Å². The zero-order valence-corrected chi connectivity index (χ0v) is 7.90. The molecule has 0 radical (unpaired) electrons. The average molecular weight is 191 g/mol. The molecule has 0 amide bonds. The largest absolute Gasteiger partial charge is 0.392 e. The first-order valence-corrected chi connectivity index (χ1v) is 4.56. The molecule has 0 aromatic heterocycles. The summed E-state index contributed by atoms with van der Waals surface area (Å²) in [6.07, 6.45) is 7.03. The minimum absolute atomic E-state index is 0.00483. The van der Waals surface area contributed by atoms with E-state index in [2.05, 4.69) is 11.6 Å². The van der Waals surface area contributed by atoms with E-state index in [-0.39, 0.29) is 18.9 Å². The van der Waals surface area contributed by atoms with Gasteiger partial charge in [-0.2, -0.15) is 0 Å². The van der Waals surface area contributed by atoms with E-state index in [9.17, 15) is 3.89 Å². The minimum atomic E-state index is -0.00483. The van der Waals surface area contributed by atoms with Gasteiger partial charge in [0.2, 0.25) is 0 Å². The van der Waals surface area contributed by atoms with Crippen molar-refractivity contribution in [1.82, 2.24) is 4.72 Å². The molecule has 0 rings (SSSR count). The van der Waals surface area contributed by atoms with E-state index in [1.807, 2.05) is 6.08 Å². The molecule has 0 heterocycles. The summed E-state index contributed by atoms with van der Waals surface area (Å²) >= 11 is 0.0323. The Hall–Kier alpha value is -0.480. The summed E-state index contributed by atoms with van der Waals surface area (Å²) in [6.45, 7) is 2.06. The second-order valence-electron chi connectivity index (χ2n) is 2.25. The fourth-order valence-corrected chi connectivity index (χ4v) is 0.801. The van der Waals surface area contributed by atoms with Crippen LogP contribution >= 0.6 is 12.3 Å². The van der Waals surface area contributed by atoms with Crippen molar-refractivity contribution >= 4 is 12.3 Å². The van der Waals surface area contributed by atoms with Crippen molar-refractivity contribution in [2.45, 2.75) is 19.8 Å². The number of hydrogen-bond acceptors (Lipinski definition) is 3. The van der Waals surface area contributed by atoms with Crippen molar-refractivity contribution in [1.29, 1.82) is 0 Å². The molecule has 0 aliphatic heterocycles. The van der Waals surface area contributed by atoms with E-state index in [1.54, 1.807) is 6.08 Å². The molecule has 0 spiro atoms. The molecule has 0 bridgehead atoms. The maximum absolute atomic E-state index is 11.5. The van der Waals surface area contributed by atoms with Crippen LogP contribution in [0.5, 0.6) is 0 Å².